The molecule has 2 rings (SSSR count). The van der Waals surface area contributed by atoms with Gasteiger partial charge in [0.15, 0.2) is 0 Å². The zero-order valence-corrected chi connectivity index (χ0v) is 10.8. The number of nitrogens with zero attached hydrogens (tertiary/aromatic N) is 2. The fraction of sp³-hybridized carbons (Fsp3) is 0.167. The van der Waals surface area contributed by atoms with Crippen molar-refractivity contribution in [2.75, 3.05) is 5.73 Å². The second-order valence-electron chi connectivity index (χ2n) is 4.14. The summed E-state index contributed by atoms with van der Waals surface area (Å²) in [6.45, 7) is 1.66. The Hall–Kier alpha value is -2.84. The van der Waals surface area contributed by atoms with E-state index < -0.39 is 39.2 Å². The highest BCUT2D eigenvalue weighted by molar-refractivity contribution is 5.63. The number of benzene rings is 1. The first-order valence-corrected chi connectivity index (χ1v) is 5.88. The van der Waals surface area contributed by atoms with Gasteiger partial charge >= 0.3 is 5.69 Å². The topological polar surface area (TPSA) is 115 Å². The Bertz CT molecular complexity index is 789. The van der Waals surface area contributed by atoms with Crippen LogP contribution in [0.1, 0.15) is 12.5 Å². The van der Waals surface area contributed by atoms with E-state index in [1.54, 1.807) is 6.92 Å². The molecule has 0 fully saturated rings. The molecule has 9 heteroatoms. The average molecular weight is 296 g/mol. The van der Waals surface area contributed by atoms with Crippen LogP contribution >= 0.6 is 0 Å². The molecule has 3 N–H and O–H groups in total. The van der Waals surface area contributed by atoms with Gasteiger partial charge in [-0.15, -0.1) is 0 Å². The SMILES string of the molecule is CCc1c(N)nc(-c2c(F)ccc([N+](=O)[O-])c2F)[nH]c1=O. The van der Waals surface area contributed by atoms with E-state index in [-0.39, 0.29) is 17.8 Å². The second-order valence-corrected chi connectivity index (χ2v) is 4.14. The van der Waals surface area contributed by atoms with Crippen LogP contribution in [0, 0.1) is 21.7 Å². The molecule has 0 amide bonds. The number of hydrogen-bond acceptors (Lipinski definition) is 5. The van der Waals surface area contributed by atoms with E-state index in [2.05, 4.69) is 9.97 Å². The van der Waals surface area contributed by atoms with Crippen molar-refractivity contribution >= 4 is 11.5 Å². The van der Waals surface area contributed by atoms with E-state index in [9.17, 15) is 23.7 Å². The number of nitro benzene ring substituents is 1. The monoisotopic (exact) mass is 296 g/mol. The Kier molecular flexibility index (Phi) is 3.66. The number of anilines is 1. The van der Waals surface area contributed by atoms with Crippen molar-refractivity contribution < 1.29 is 13.7 Å². The third kappa shape index (κ3) is 2.45. The molecule has 0 atom stereocenters. The van der Waals surface area contributed by atoms with Crippen molar-refractivity contribution in [2.24, 2.45) is 0 Å². The molecule has 0 spiro atoms. The summed E-state index contributed by atoms with van der Waals surface area (Å²) in [5.41, 5.74) is 3.36. The minimum Gasteiger partial charge on any atom is -0.383 e. The van der Waals surface area contributed by atoms with Crippen molar-refractivity contribution in [1.29, 1.82) is 0 Å². The summed E-state index contributed by atoms with van der Waals surface area (Å²) >= 11 is 0. The predicted octanol–water partition coefficient (Wildman–Crippen LogP) is 1.77. The number of aromatic nitrogens is 2. The molecule has 0 radical (unpaired) electrons. The van der Waals surface area contributed by atoms with Gasteiger partial charge in [-0.1, -0.05) is 6.92 Å². The zero-order chi connectivity index (χ0) is 15.7. The summed E-state index contributed by atoms with van der Waals surface area (Å²) in [4.78, 5) is 27.3. The van der Waals surface area contributed by atoms with E-state index in [1.165, 1.54) is 0 Å². The van der Waals surface area contributed by atoms with Crippen LogP contribution in [0.5, 0.6) is 0 Å². The van der Waals surface area contributed by atoms with Gasteiger partial charge in [0.25, 0.3) is 5.56 Å². The number of H-pyrrole nitrogens is 1. The highest BCUT2D eigenvalue weighted by atomic mass is 19.1. The third-order valence-corrected chi connectivity index (χ3v) is 2.91. The summed E-state index contributed by atoms with van der Waals surface area (Å²) in [5.74, 6) is -3.19. The average Bonchev–Trinajstić information content (AvgIpc) is 2.38. The summed E-state index contributed by atoms with van der Waals surface area (Å²) in [6, 6.07) is 1.41. The fourth-order valence-electron chi connectivity index (χ4n) is 1.87. The maximum atomic E-state index is 14.0. The van der Waals surface area contributed by atoms with E-state index in [0.29, 0.717) is 6.07 Å². The Morgan fingerprint density at radius 2 is 2.10 bits per heavy atom. The molecule has 21 heavy (non-hydrogen) atoms. The molecule has 0 aliphatic heterocycles. The molecule has 7 nitrogen and oxygen atoms in total. The number of hydrogen-bond donors (Lipinski definition) is 2. The minimum absolute atomic E-state index is 0.171. The summed E-state index contributed by atoms with van der Waals surface area (Å²) in [7, 11) is 0. The van der Waals surface area contributed by atoms with Gasteiger partial charge in [0.05, 0.1) is 16.1 Å². The van der Waals surface area contributed by atoms with Crippen molar-refractivity contribution in [2.45, 2.75) is 13.3 Å². The second kappa shape index (κ2) is 5.27. The predicted molar refractivity (Wildman–Crippen MR) is 70.7 cm³/mol. The van der Waals surface area contributed by atoms with Crippen LogP contribution in [-0.2, 0) is 6.42 Å². The number of nitrogens with two attached hydrogens (primary N) is 1. The van der Waals surface area contributed by atoms with Crippen LogP contribution in [0.15, 0.2) is 16.9 Å². The van der Waals surface area contributed by atoms with Gasteiger partial charge in [-0.3, -0.25) is 14.9 Å². The molecule has 1 heterocycles. The van der Waals surface area contributed by atoms with E-state index in [1.807, 2.05) is 0 Å². The molecule has 0 unspecified atom stereocenters. The Morgan fingerprint density at radius 3 is 2.62 bits per heavy atom. The number of nitrogens with one attached hydrogen (secondary N) is 1. The first-order chi connectivity index (χ1) is 9.86. The fourth-order valence-corrected chi connectivity index (χ4v) is 1.87. The molecule has 1 aromatic carbocycles. The molecular formula is C12H10F2N4O3. The summed E-state index contributed by atoms with van der Waals surface area (Å²) < 4.78 is 27.8. The van der Waals surface area contributed by atoms with Gasteiger partial charge in [0.2, 0.25) is 5.82 Å². The first-order valence-electron chi connectivity index (χ1n) is 5.88. The van der Waals surface area contributed by atoms with Gasteiger partial charge < -0.3 is 10.7 Å². The van der Waals surface area contributed by atoms with Crippen LogP contribution < -0.4 is 11.3 Å². The molecule has 1 aromatic heterocycles. The van der Waals surface area contributed by atoms with Crippen LogP contribution in [0.4, 0.5) is 20.3 Å². The van der Waals surface area contributed by atoms with Crippen LogP contribution in [-0.4, -0.2) is 14.9 Å². The normalized spacial score (nSPS) is 10.6. The van der Waals surface area contributed by atoms with E-state index in [4.69, 9.17) is 5.73 Å². The number of nitrogen functional groups attached to an aromatic ring is 1. The number of rotatable bonds is 3. The molecule has 0 saturated heterocycles. The van der Waals surface area contributed by atoms with Crippen molar-refractivity contribution in [3.63, 3.8) is 0 Å². The quantitative estimate of drug-likeness (QED) is 0.661. The van der Waals surface area contributed by atoms with Gasteiger partial charge in [0, 0.05) is 6.07 Å². The van der Waals surface area contributed by atoms with Crippen LogP contribution in [0.3, 0.4) is 0 Å². The van der Waals surface area contributed by atoms with Gasteiger partial charge in [0.1, 0.15) is 17.5 Å². The molecule has 110 valence electrons. The number of halogens is 2. The Balaban J connectivity index is 2.76. The lowest BCUT2D eigenvalue weighted by molar-refractivity contribution is -0.387. The lowest BCUT2D eigenvalue weighted by atomic mass is 10.1. The van der Waals surface area contributed by atoms with Crippen LogP contribution in [0.25, 0.3) is 11.4 Å². The van der Waals surface area contributed by atoms with E-state index in [0.717, 1.165) is 6.07 Å². The van der Waals surface area contributed by atoms with E-state index >= 15 is 0 Å². The summed E-state index contributed by atoms with van der Waals surface area (Å²) in [5, 5.41) is 10.7. The van der Waals surface area contributed by atoms with Gasteiger partial charge in [-0.05, 0) is 12.5 Å². The molecular weight excluding hydrogens is 286 g/mol. The highest BCUT2D eigenvalue weighted by Crippen LogP contribution is 2.29. The smallest absolute Gasteiger partial charge is 0.305 e. The third-order valence-electron chi connectivity index (χ3n) is 2.91. The maximum Gasteiger partial charge on any atom is 0.305 e. The lowest BCUT2D eigenvalue weighted by Crippen LogP contribution is -2.18. The molecule has 0 saturated carbocycles. The van der Waals surface area contributed by atoms with Crippen molar-refractivity contribution in [3.8, 4) is 11.4 Å². The minimum atomic E-state index is -1.42. The lowest BCUT2D eigenvalue weighted by Gasteiger charge is -2.07. The van der Waals surface area contributed by atoms with Gasteiger partial charge in [-0.25, -0.2) is 9.37 Å². The molecule has 0 bridgehead atoms. The largest absolute Gasteiger partial charge is 0.383 e. The summed E-state index contributed by atoms with van der Waals surface area (Å²) in [6.07, 6.45) is 0.286. The standard InChI is InChI=1S/C12H10F2N4O3/c1-2-5-10(15)16-11(17-12(5)19)8-6(13)3-4-7(9(8)14)18(20)21/h3-4H,2H2,1H3,(H3,15,16,17,19). The maximum absolute atomic E-state index is 14.0. The Labute approximate surface area is 116 Å². The van der Waals surface area contributed by atoms with Crippen molar-refractivity contribution in [1.82, 2.24) is 9.97 Å². The molecule has 2 aromatic rings. The highest BCUT2D eigenvalue weighted by Gasteiger charge is 2.24. The molecule has 0 aliphatic rings. The zero-order valence-electron chi connectivity index (χ0n) is 10.8. The number of nitro groups is 1. The van der Waals surface area contributed by atoms with Crippen LogP contribution in [0.2, 0.25) is 0 Å². The Morgan fingerprint density at radius 1 is 1.43 bits per heavy atom. The number of aromatic amines is 1. The first kappa shape index (κ1) is 14.6. The molecule has 0 aliphatic carbocycles. The van der Waals surface area contributed by atoms with Gasteiger partial charge in [-0.2, -0.15) is 4.39 Å². The van der Waals surface area contributed by atoms with Crippen molar-refractivity contribution in [3.05, 3.63) is 49.8 Å².